The van der Waals surface area contributed by atoms with Crippen LogP contribution in [0.5, 0.6) is 0 Å². The summed E-state index contributed by atoms with van der Waals surface area (Å²) >= 11 is 0. The maximum Gasteiger partial charge on any atom is 0.287 e. The summed E-state index contributed by atoms with van der Waals surface area (Å²) in [7, 11) is -2.10. The van der Waals surface area contributed by atoms with Crippen molar-refractivity contribution in [1.29, 1.82) is 0 Å². The molecule has 7 heteroatoms. The van der Waals surface area contributed by atoms with Crippen LogP contribution in [0.2, 0.25) is 0 Å². The van der Waals surface area contributed by atoms with Gasteiger partial charge in [-0.3, -0.25) is 4.57 Å². The second-order valence-corrected chi connectivity index (χ2v) is 6.96. The molecule has 0 saturated carbocycles. The quantitative estimate of drug-likeness (QED) is 0.498. The fourth-order valence-electron chi connectivity index (χ4n) is 1.54. The van der Waals surface area contributed by atoms with Gasteiger partial charge in [-0.2, -0.15) is 0 Å². The van der Waals surface area contributed by atoms with E-state index in [0.717, 1.165) is 45.7 Å². The summed E-state index contributed by atoms with van der Waals surface area (Å²) in [6.07, 6.45) is 0.722. The summed E-state index contributed by atoms with van der Waals surface area (Å²) in [5, 5.41) is 7.99. The Balaban J connectivity index is 0.000000168. The zero-order chi connectivity index (χ0) is 11.6. The predicted octanol–water partition coefficient (Wildman–Crippen LogP) is -0.631. The Morgan fingerprint density at radius 1 is 1.00 bits per heavy atom. The minimum absolute atomic E-state index is 0.219. The summed E-state index contributed by atoms with van der Waals surface area (Å²) in [4.78, 5) is 0. The lowest BCUT2D eigenvalue weighted by Gasteiger charge is -2.20. The maximum atomic E-state index is 12.3. The van der Waals surface area contributed by atoms with E-state index in [-0.39, 0.29) is 6.61 Å². The topological polar surface area (TPSA) is 72.4 Å². The Morgan fingerprint density at radius 3 is 1.50 bits per heavy atom. The first-order valence-electron chi connectivity index (χ1n) is 5.90. The Kier molecular flexibility index (Phi) is 4.00. The number of rotatable bonds is 5. The fourth-order valence-corrected chi connectivity index (χ4v) is 4.45. The number of aliphatic hydroxyl groups is 1. The van der Waals surface area contributed by atoms with Gasteiger partial charge < -0.3 is 10.8 Å². The minimum Gasteiger partial charge on any atom is -0.396 e. The van der Waals surface area contributed by atoms with Crippen molar-refractivity contribution < 1.29 is 9.67 Å². The Morgan fingerprint density at radius 2 is 1.38 bits per heavy atom. The third-order valence-electron chi connectivity index (χ3n) is 2.74. The molecule has 0 unspecified atom stereocenters. The van der Waals surface area contributed by atoms with E-state index >= 15 is 0 Å². The molecule has 0 radical (unpaired) electrons. The van der Waals surface area contributed by atoms with Gasteiger partial charge in [0.1, 0.15) is 0 Å². The van der Waals surface area contributed by atoms with E-state index in [1.54, 1.807) is 0 Å². The molecule has 94 valence electrons. The molecule has 0 aromatic carbocycles. The highest BCUT2D eigenvalue weighted by Gasteiger charge is 2.54. The van der Waals surface area contributed by atoms with Gasteiger partial charge in [-0.15, -0.1) is 0 Å². The van der Waals surface area contributed by atoms with Crippen molar-refractivity contribution in [3.8, 4) is 0 Å². The predicted molar refractivity (Wildman–Crippen MR) is 63.1 cm³/mol. The molecule has 0 aromatic rings. The van der Waals surface area contributed by atoms with Crippen LogP contribution in [0.3, 0.4) is 0 Å². The highest BCUT2D eigenvalue weighted by atomic mass is 31.2. The molecule has 0 aliphatic carbocycles. The Hall–Kier alpha value is 0.0300. The Labute approximate surface area is 96.5 Å². The van der Waals surface area contributed by atoms with Gasteiger partial charge in [-0.25, -0.2) is 14.0 Å². The average Bonchev–Trinajstić information content (AvgIpc) is 3.21. The summed E-state index contributed by atoms with van der Waals surface area (Å²) in [5.74, 6) is 0. The first-order chi connectivity index (χ1) is 7.73. The zero-order valence-electron chi connectivity index (χ0n) is 9.59. The summed E-state index contributed by atoms with van der Waals surface area (Å²) < 4.78 is 18.6. The van der Waals surface area contributed by atoms with Crippen molar-refractivity contribution in [1.82, 2.24) is 14.0 Å². The van der Waals surface area contributed by atoms with Crippen molar-refractivity contribution in [3.05, 3.63) is 0 Å². The van der Waals surface area contributed by atoms with E-state index < -0.39 is 7.59 Å². The van der Waals surface area contributed by atoms with E-state index in [9.17, 15) is 4.57 Å². The third-order valence-corrected chi connectivity index (χ3v) is 6.15. The number of hydrogen-bond acceptors (Lipinski definition) is 3. The molecule has 3 aliphatic rings. The number of nitrogens with two attached hydrogens (primary N) is 1. The highest BCUT2D eigenvalue weighted by Crippen LogP contribution is 2.65. The lowest BCUT2D eigenvalue weighted by atomic mass is 10.5. The van der Waals surface area contributed by atoms with Crippen LogP contribution in [0.25, 0.3) is 0 Å². The normalized spacial score (nSPS) is 24.9. The second-order valence-electron chi connectivity index (χ2n) is 4.24. The molecule has 0 spiro atoms. The van der Waals surface area contributed by atoms with Gasteiger partial charge in [0.2, 0.25) is 0 Å². The largest absolute Gasteiger partial charge is 0.396 e. The molecule has 0 bridgehead atoms. The van der Waals surface area contributed by atoms with Crippen molar-refractivity contribution >= 4 is 7.59 Å². The summed E-state index contributed by atoms with van der Waals surface area (Å²) in [5.41, 5.74) is 4.98. The van der Waals surface area contributed by atoms with E-state index in [1.807, 2.05) is 0 Å². The lowest BCUT2D eigenvalue weighted by molar-refractivity contribution is 0.291. The fraction of sp³-hybridized carbons (Fsp3) is 1.00. The molecule has 6 nitrogen and oxygen atoms in total. The minimum atomic E-state index is -2.10. The molecular formula is C9H21N4O2P. The van der Waals surface area contributed by atoms with Crippen molar-refractivity contribution in [2.24, 2.45) is 5.73 Å². The van der Waals surface area contributed by atoms with Gasteiger partial charge in [-0.1, -0.05) is 0 Å². The van der Waals surface area contributed by atoms with E-state index in [4.69, 9.17) is 10.8 Å². The van der Waals surface area contributed by atoms with E-state index in [0.29, 0.717) is 6.54 Å². The number of aliphatic hydroxyl groups excluding tert-OH is 1. The standard InChI is InChI=1S/C6H12N3OP.C3H9NO/c10-11(7-1-2-7,8-3-4-8)9-5-6-9;4-2-1-3-5/h1-6H2;5H,1-4H2. The van der Waals surface area contributed by atoms with Gasteiger partial charge in [0.05, 0.1) is 0 Å². The molecule has 3 rings (SSSR count). The van der Waals surface area contributed by atoms with E-state index in [2.05, 4.69) is 14.0 Å². The number of hydrogen-bond donors (Lipinski definition) is 2. The maximum absolute atomic E-state index is 12.3. The van der Waals surface area contributed by atoms with Crippen LogP contribution in [-0.4, -0.2) is 71.5 Å². The molecule has 16 heavy (non-hydrogen) atoms. The lowest BCUT2D eigenvalue weighted by Crippen LogP contribution is -2.11. The molecule has 3 heterocycles. The second kappa shape index (κ2) is 5.12. The van der Waals surface area contributed by atoms with Crippen LogP contribution in [-0.2, 0) is 4.57 Å². The molecular weight excluding hydrogens is 227 g/mol. The van der Waals surface area contributed by atoms with Crippen LogP contribution in [0.4, 0.5) is 0 Å². The van der Waals surface area contributed by atoms with E-state index in [1.165, 1.54) is 0 Å². The van der Waals surface area contributed by atoms with Gasteiger partial charge in [0, 0.05) is 45.9 Å². The zero-order valence-corrected chi connectivity index (χ0v) is 10.5. The Bertz CT molecular complexity index is 237. The SMILES string of the molecule is NCCCO.O=P(N1CC1)(N1CC1)N1CC1. The first-order valence-corrected chi connectivity index (χ1v) is 7.47. The van der Waals surface area contributed by atoms with Crippen molar-refractivity contribution in [2.75, 3.05) is 52.4 Å². The third kappa shape index (κ3) is 2.83. The average molecular weight is 248 g/mol. The van der Waals surface area contributed by atoms with Gasteiger partial charge >= 0.3 is 0 Å². The number of nitrogens with zero attached hydrogens (tertiary/aromatic N) is 3. The summed E-state index contributed by atoms with van der Waals surface area (Å²) in [6.45, 7) is 7.09. The van der Waals surface area contributed by atoms with Crippen LogP contribution < -0.4 is 5.73 Å². The molecule has 3 fully saturated rings. The molecule has 0 amide bonds. The van der Waals surface area contributed by atoms with Crippen LogP contribution in [0, 0.1) is 0 Å². The van der Waals surface area contributed by atoms with Crippen molar-refractivity contribution in [2.45, 2.75) is 6.42 Å². The van der Waals surface area contributed by atoms with Crippen LogP contribution >= 0.6 is 7.59 Å². The van der Waals surface area contributed by atoms with Crippen LogP contribution in [0.1, 0.15) is 6.42 Å². The molecule has 3 aliphatic heterocycles. The monoisotopic (exact) mass is 248 g/mol. The molecule has 0 atom stereocenters. The first kappa shape index (κ1) is 12.5. The van der Waals surface area contributed by atoms with Crippen molar-refractivity contribution in [3.63, 3.8) is 0 Å². The molecule has 3 N–H and O–H groups in total. The highest BCUT2D eigenvalue weighted by molar-refractivity contribution is 7.57. The van der Waals surface area contributed by atoms with Gasteiger partial charge in [0.15, 0.2) is 0 Å². The van der Waals surface area contributed by atoms with Crippen LogP contribution in [0.15, 0.2) is 0 Å². The smallest absolute Gasteiger partial charge is 0.287 e. The molecule has 0 aromatic heterocycles. The summed E-state index contributed by atoms with van der Waals surface area (Å²) in [6, 6.07) is 0. The van der Waals surface area contributed by atoms with Gasteiger partial charge in [-0.05, 0) is 13.0 Å². The molecule has 3 saturated heterocycles. The van der Waals surface area contributed by atoms with Gasteiger partial charge in [0.25, 0.3) is 7.59 Å².